The minimum Gasteiger partial charge on any atom is -0.357 e. The van der Waals surface area contributed by atoms with Crippen LogP contribution in [0.2, 0.25) is 0 Å². The van der Waals surface area contributed by atoms with Crippen LogP contribution in [0.1, 0.15) is 35.6 Å². The van der Waals surface area contributed by atoms with Crippen LogP contribution >= 0.6 is 0 Å². The number of likely N-dealkylation sites (tertiary alicyclic amines) is 1. The van der Waals surface area contributed by atoms with Gasteiger partial charge in [-0.2, -0.15) is 0 Å². The van der Waals surface area contributed by atoms with Gasteiger partial charge in [-0.25, -0.2) is 0 Å². The Morgan fingerprint density at radius 2 is 1.93 bits per heavy atom. The molecule has 28 heavy (non-hydrogen) atoms. The van der Waals surface area contributed by atoms with Gasteiger partial charge in [-0.3, -0.25) is 15.8 Å². The van der Waals surface area contributed by atoms with Gasteiger partial charge in [0, 0.05) is 42.8 Å². The van der Waals surface area contributed by atoms with Crippen molar-refractivity contribution in [2.45, 2.75) is 38.3 Å². The number of hydrogen-bond donors (Lipinski definition) is 3. The average molecular weight is 375 g/mol. The predicted octanol–water partition coefficient (Wildman–Crippen LogP) is 3.95. The summed E-state index contributed by atoms with van der Waals surface area (Å²) in [4.78, 5) is 6.23. The van der Waals surface area contributed by atoms with Gasteiger partial charge in [0.15, 0.2) is 0 Å². The summed E-state index contributed by atoms with van der Waals surface area (Å²) in [6.45, 7) is 6.56. The summed E-state index contributed by atoms with van der Waals surface area (Å²) >= 11 is 0. The van der Waals surface area contributed by atoms with E-state index >= 15 is 0 Å². The molecule has 3 unspecified atom stereocenters. The largest absolute Gasteiger partial charge is 0.357 e. The van der Waals surface area contributed by atoms with E-state index in [0.717, 1.165) is 19.6 Å². The van der Waals surface area contributed by atoms with E-state index in [-0.39, 0.29) is 0 Å². The number of hydrazine groups is 1. The normalized spacial score (nSPS) is 26.1. The van der Waals surface area contributed by atoms with Crippen LogP contribution in [-0.4, -0.2) is 35.6 Å². The summed E-state index contributed by atoms with van der Waals surface area (Å²) in [5.41, 5.74) is 12.4. The third-order valence-corrected chi connectivity index (χ3v) is 6.56. The molecule has 3 atom stereocenters. The molecule has 0 spiro atoms. The van der Waals surface area contributed by atoms with Gasteiger partial charge in [-0.1, -0.05) is 48.0 Å². The Labute approximate surface area is 167 Å². The smallest absolute Gasteiger partial charge is 0.0456 e. The molecule has 0 bridgehead atoms. The molecule has 2 saturated heterocycles. The minimum atomic E-state index is 0.508. The van der Waals surface area contributed by atoms with E-state index in [2.05, 4.69) is 82.3 Å². The number of benzene rings is 2. The van der Waals surface area contributed by atoms with Crippen molar-refractivity contribution in [3.8, 4) is 0 Å². The first-order valence-corrected chi connectivity index (χ1v) is 10.6. The van der Waals surface area contributed by atoms with E-state index in [4.69, 9.17) is 0 Å². The van der Waals surface area contributed by atoms with E-state index in [9.17, 15) is 0 Å². The molecule has 1 aromatic heterocycles. The molecular weight excluding hydrogens is 344 g/mol. The molecule has 5 rings (SSSR count). The molecule has 2 aliphatic heterocycles. The third-order valence-electron chi connectivity index (χ3n) is 6.56. The van der Waals surface area contributed by atoms with Crippen LogP contribution in [0.25, 0.3) is 10.9 Å². The number of aromatic nitrogens is 1. The van der Waals surface area contributed by atoms with Crippen molar-refractivity contribution in [1.29, 1.82) is 0 Å². The number of piperidine rings is 1. The second kappa shape index (κ2) is 7.70. The van der Waals surface area contributed by atoms with E-state index in [1.807, 2.05) is 0 Å². The molecule has 0 radical (unpaired) electrons. The van der Waals surface area contributed by atoms with Gasteiger partial charge in [0.05, 0.1) is 0 Å². The number of hydrogen-bond acceptors (Lipinski definition) is 3. The number of nitrogens with one attached hydrogen (secondary N) is 3. The van der Waals surface area contributed by atoms with Crippen LogP contribution in [0.5, 0.6) is 0 Å². The molecule has 2 fully saturated rings. The van der Waals surface area contributed by atoms with Crippen molar-refractivity contribution >= 4 is 10.9 Å². The lowest BCUT2D eigenvalue weighted by Gasteiger charge is -2.37. The minimum absolute atomic E-state index is 0.508. The fourth-order valence-electron chi connectivity index (χ4n) is 5.09. The maximum atomic E-state index is 3.61. The van der Waals surface area contributed by atoms with Crippen LogP contribution in [0.4, 0.5) is 0 Å². The summed E-state index contributed by atoms with van der Waals surface area (Å²) in [7, 11) is 0. The molecule has 146 valence electrons. The van der Waals surface area contributed by atoms with E-state index in [0.29, 0.717) is 17.9 Å². The molecule has 0 aliphatic carbocycles. The summed E-state index contributed by atoms with van der Waals surface area (Å²) in [5.74, 6) is 1.23. The molecule has 0 saturated carbocycles. The van der Waals surface area contributed by atoms with Gasteiger partial charge in [-0.05, 0) is 55.3 Å². The van der Waals surface area contributed by atoms with E-state index in [1.165, 1.54) is 47.1 Å². The molecule has 0 amide bonds. The van der Waals surface area contributed by atoms with Gasteiger partial charge < -0.3 is 4.98 Å². The van der Waals surface area contributed by atoms with Crippen LogP contribution in [0.15, 0.2) is 54.6 Å². The molecule has 4 nitrogen and oxygen atoms in total. The second-order valence-corrected chi connectivity index (χ2v) is 8.59. The van der Waals surface area contributed by atoms with Crippen LogP contribution < -0.4 is 10.9 Å². The average Bonchev–Trinajstić information content (AvgIpc) is 3.35. The Kier molecular flexibility index (Phi) is 4.93. The zero-order valence-corrected chi connectivity index (χ0v) is 16.6. The second-order valence-electron chi connectivity index (χ2n) is 8.59. The summed E-state index contributed by atoms with van der Waals surface area (Å²) < 4.78 is 0. The standard InChI is InChI=1S/C24H30N4/c1-17-8-10-18(11-9-17)22-14-25-27-24(22)20-6-4-12-28(15-20)16-21-13-19-5-2-3-7-23(19)26-21/h2-3,5,7-11,13,20,22,24-27H,4,6,12,14-16H2,1H3. The number of H-pyrrole nitrogens is 1. The third kappa shape index (κ3) is 3.60. The molecular formula is C24H30N4. The molecule has 2 aliphatic rings. The highest BCUT2D eigenvalue weighted by atomic mass is 15.4. The molecule has 2 aromatic carbocycles. The van der Waals surface area contributed by atoms with Crippen molar-refractivity contribution in [2.75, 3.05) is 19.6 Å². The highest BCUT2D eigenvalue weighted by Gasteiger charge is 2.36. The van der Waals surface area contributed by atoms with Crippen molar-refractivity contribution in [3.05, 3.63) is 71.4 Å². The Hall–Kier alpha value is -2.14. The SMILES string of the molecule is Cc1ccc(C2CNNC2C2CCCN(Cc3cc4ccccc4[nH]3)C2)cc1. The fourth-order valence-corrected chi connectivity index (χ4v) is 5.09. The van der Waals surface area contributed by atoms with Crippen molar-refractivity contribution < 1.29 is 0 Å². The maximum absolute atomic E-state index is 3.61. The van der Waals surface area contributed by atoms with Crippen LogP contribution in [-0.2, 0) is 6.54 Å². The maximum Gasteiger partial charge on any atom is 0.0456 e. The first kappa shape index (κ1) is 17.9. The number of nitrogens with zero attached hydrogens (tertiary/aromatic N) is 1. The molecule has 3 N–H and O–H groups in total. The summed E-state index contributed by atoms with van der Waals surface area (Å²) in [6, 6.07) is 20.5. The molecule has 4 heteroatoms. The van der Waals surface area contributed by atoms with Gasteiger partial charge in [0.1, 0.15) is 0 Å². The van der Waals surface area contributed by atoms with Crippen molar-refractivity contribution in [2.24, 2.45) is 5.92 Å². The lowest BCUT2D eigenvalue weighted by atomic mass is 9.81. The first-order chi connectivity index (χ1) is 13.8. The zero-order valence-electron chi connectivity index (χ0n) is 16.6. The first-order valence-electron chi connectivity index (χ1n) is 10.6. The zero-order chi connectivity index (χ0) is 18.9. The van der Waals surface area contributed by atoms with E-state index < -0.39 is 0 Å². The molecule has 3 heterocycles. The number of rotatable bonds is 4. The monoisotopic (exact) mass is 374 g/mol. The topological polar surface area (TPSA) is 43.1 Å². The predicted molar refractivity (Wildman–Crippen MR) is 115 cm³/mol. The summed E-state index contributed by atoms with van der Waals surface area (Å²) in [5, 5.41) is 1.31. The number of aromatic amines is 1. The van der Waals surface area contributed by atoms with Crippen LogP contribution in [0.3, 0.4) is 0 Å². The van der Waals surface area contributed by atoms with Crippen molar-refractivity contribution in [1.82, 2.24) is 20.7 Å². The lowest BCUT2D eigenvalue weighted by molar-refractivity contribution is 0.138. The highest BCUT2D eigenvalue weighted by Crippen LogP contribution is 2.32. The molecule has 3 aromatic rings. The number of para-hydroxylation sites is 1. The quantitative estimate of drug-likeness (QED) is 0.648. The van der Waals surface area contributed by atoms with Gasteiger partial charge >= 0.3 is 0 Å². The van der Waals surface area contributed by atoms with Gasteiger partial charge in [-0.15, -0.1) is 0 Å². The number of fused-ring (bicyclic) bond motifs is 1. The Balaban J connectivity index is 1.28. The fraction of sp³-hybridized carbons (Fsp3) is 0.417. The number of aryl methyl sites for hydroxylation is 1. The van der Waals surface area contributed by atoms with Crippen LogP contribution in [0, 0.1) is 12.8 Å². The Morgan fingerprint density at radius 1 is 1.07 bits per heavy atom. The Morgan fingerprint density at radius 3 is 2.79 bits per heavy atom. The lowest BCUT2D eigenvalue weighted by Crippen LogP contribution is -2.46. The van der Waals surface area contributed by atoms with Gasteiger partial charge in [0.2, 0.25) is 0 Å². The van der Waals surface area contributed by atoms with Gasteiger partial charge in [0.25, 0.3) is 0 Å². The van der Waals surface area contributed by atoms with Crippen molar-refractivity contribution in [3.63, 3.8) is 0 Å². The Bertz CT molecular complexity index is 896. The summed E-state index contributed by atoms with van der Waals surface area (Å²) in [6.07, 6.45) is 2.59. The highest BCUT2D eigenvalue weighted by molar-refractivity contribution is 5.80. The van der Waals surface area contributed by atoms with E-state index in [1.54, 1.807) is 0 Å².